The Kier molecular flexibility index (Phi) is 9.90. The molecule has 1 fully saturated rings. The number of allylic oxidation sites excluding steroid dienone is 2. The maximum absolute atomic E-state index is 2.54. The average Bonchev–Trinajstić information content (AvgIpc) is 2.90. The fourth-order valence-electron chi connectivity index (χ4n) is 6.47. The zero-order chi connectivity index (χ0) is 23.6. The van der Waals surface area contributed by atoms with Gasteiger partial charge in [-0.15, -0.1) is 0 Å². The standard InChI is InChI=1S/C34H48/c1-3-5-6-7-8-10-28-13-17-30(18-14-28)32-21-25-34(26-22-32)33-23-19-31(20-24-33)29-15-11-27(9-4-2)12-16-29/h17,19-29H,3-16,18H2,1-2H3. The Morgan fingerprint density at radius 1 is 0.588 bits per heavy atom. The number of hydrogen-bond acceptors (Lipinski definition) is 0. The molecule has 1 unspecified atom stereocenters. The van der Waals surface area contributed by atoms with Crippen LogP contribution in [0.3, 0.4) is 0 Å². The van der Waals surface area contributed by atoms with Crippen LogP contribution in [-0.4, -0.2) is 0 Å². The molecule has 184 valence electrons. The van der Waals surface area contributed by atoms with Crippen LogP contribution < -0.4 is 0 Å². The lowest BCUT2D eigenvalue weighted by atomic mass is 9.77. The van der Waals surface area contributed by atoms with Gasteiger partial charge in [-0.25, -0.2) is 0 Å². The molecule has 2 aromatic carbocycles. The van der Waals surface area contributed by atoms with Crippen LogP contribution >= 0.6 is 0 Å². The van der Waals surface area contributed by atoms with Crippen LogP contribution in [0.1, 0.15) is 127 Å². The predicted octanol–water partition coefficient (Wildman–Crippen LogP) is 11.0. The Morgan fingerprint density at radius 2 is 1.24 bits per heavy atom. The summed E-state index contributed by atoms with van der Waals surface area (Å²) in [5.74, 6) is 2.69. The maximum atomic E-state index is 2.54. The summed E-state index contributed by atoms with van der Waals surface area (Å²) < 4.78 is 0. The molecule has 0 aliphatic heterocycles. The molecule has 0 nitrogen and oxygen atoms in total. The highest BCUT2D eigenvalue weighted by Crippen LogP contribution is 2.38. The third-order valence-corrected chi connectivity index (χ3v) is 8.75. The van der Waals surface area contributed by atoms with Gasteiger partial charge >= 0.3 is 0 Å². The Balaban J connectivity index is 1.27. The number of benzene rings is 2. The highest BCUT2D eigenvalue weighted by atomic mass is 14.3. The summed E-state index contributed by atoms with van der Waals surface area (Å²) in [4.78, 5) is 0. The van der Waals surface area contributed by atoms with Gasteiger partial charge in [0.05, 0.1) is 0 Å². The first-order chi connectivity index (χ1) is 16.8. The van der Waals surface area contributed by atoms with Gasteiger partial charge in [-0.2, -0.15) is 0 Å². The second-order valence-electron chi connectivity index (χ2n) is 11.3. The normalized spacial score (nSPS) is 23.0. The van der Waals surface area contributed by atoms with Crippen LogP contribution in [0.25, 0.3) is 16.7 Å². The van der Waals surface area contributed by atoms with Crippen molar-refractivity contribution >= 4 is 5.57 Å². The Bertz CT molecular complexity index is 861. The molecular weight excluding hydrogens is 408 g/mol. The molecule has 0 aromatic heterocycles. The minimum absolute atomic E-state index is 0.780. The first-order valence-corrected chi connectivity index (χ1v) is 14.7. The molecule has 0 heteroatoms. The molecule has 0 N–H and O–H groups in total. The molecule has 2 aliphatic carbocycles. The van der Waals surface area contributed by atoms with Crippen molar-refractivity contribution in [2.75, 3.05) is 0 Å². The molecule has 2 aromatic rings. The van der Waals surface area contributed by atoms with E-state index in [0.717, 1.165) is 17.8 Å². The third kappa shape index (κ3) is 7.10. The summed E-state index contributed by atoms with van der Waals surface area (Å²) in [5.41, 5.74) is 7.27. The van der Waals surface area contributed by atoms with Crippen molar-refractivity contribution < 1.29 is 0 Å². The van der Waals surface area contributed by atoms with Gasteiger partial charge in [0.1, 0.15) is 0 Å². The molecule has 34 heavy (non-hydrogen) atoms. The van der Waals surface area contributed by atoms with Crippen LogP contribution in [0, 0.1) is 11.8 Å². The molecule has 4 rings (SSSR count). The van der Waals surface area contributed by atoms with Crippen molar-refractivity contribution in [3.05, 3.63) is 65.7 Å². The molecule has 0 spiro atoms. The summed E-state index contributed by atoms with van der Waals surface area (Å²) >= 11 is 0. The average molecular weight is 457 g/mol. The summed E-state index contributed by atoms with van der Waals surface area (Å²) in [6, 6.07) is 18.9. The van der Waals surface area contributed by atoms with E-state index in [2.05, 4.69) is 68.5 Å². The maximum Gasteiger partial charge on any atom is -0.0162 e. The van der Waals surface area contributed by atoms with Crippen molar-refractivity contribution in [3.8, 4) is 11.1 Å². The van der Waals surface area contributed by atoms with Gasteiger partial charge in [0.2, 0.25) is 0 Å². The second kappa shape index (κ2) is 13.3. The van der Waals surface area contributed by atoms with Crippen LogP contribution in [-0.2, 0) is 0 Å². The Labute approximate surface area is 210 Å². The van der Waals surface area contributed by atoms with E-state index in [9.17, 15) is 0 Å². The van der Waals surface area contributed by atoms with E-state index in [1.807, 2.05) is 0 Å². The lowest BCUT2D eigenvalue weighted by Gasteiger charge is -2.28. The molecule has 0 radical (unpaired) electrons. The molecule has 0 heterocycles. The molecule has 0 amide bonds. The van der Waals surface area contributed by atoms with Crippen LogP contribution in [0.2, 0.25) is 0 Å². The first-order valence-electron chi connectivity index (χ1n) is 14.7. The highest BCUT2D eigenvalue weighted by Gasteiger charge is 2.21. The number of hydrogen-bond donors (Lipinski definition) is 0. The predicted molar refractivity (Wildman–Crippen MR) is 150 cm³/mol. The zero-order valence-corrected chi connectivity index (χ0v) is 22.0. The number of unbranched alkanes of at least 4 members (excludes halogenated alkanes) is 4. The lowest BCUT2D eigenvalue weighted by molar-refractivity contribution is 0.308. The van der Waals surface area contributed by atoms with Gasteiger partial charge in [0.25, 0.3) is 0 Å². The lowest BCUT2D eigenvalue weighted by Crippen LogP contribution is -2.13. The smallest absolute Gasteiger partial charge is 0.0162 e. The SMILES string of the molecule is CCCCCCCC1CC=C(c2ccc(-c3ccc(C4CCC(CCC)CC4)cc3)cc2)CC1. The van der Waals surface area contributed by atoms with E-state index in [-0.39, 0.29) is 0 Å². The Morgan fingerprint density at radius 3 is 1.85 bits per heavy atom. The van der Waals surface area contributed by atoms with Gasteiger partial charge in [-0.3, -0.25) is 0 Å². The molecule has 1 saturated carbocycles. The molecule has 0 saturated heterocycles. The van der Waals surface area contributed by atoms with Crippen molar-refractivity contribution in [3.63, 3.8) is 0 Å². The third-order valence-electron chi connectivity index (χ3n) is 8.75. The summed E-state index contributed by atoms with van der Waals surface area (Å²) in [5, 5.41) is 0. The molecule has 0 bridgehead atoms. The van der Waals surface area contributed by atoms with E-state index in [1.165, 1.54) is 113 Å². The summed E-state index contributed by atoms with van der Waals surface area (Å²) in [6.45, 7) is 4.63. The monoisotopic (exact) mass is 456 g/mol. The van der Waals surface area contributed by atoms with Gasteiger partial charge < -0.3 is 0 Å². The second-order valence-corrected chi connectivity index (χ2v) is 11.3. The first kappa shape index (κ1) is 25.3. The van der Waals surface area contributed by atoms with E-state index < -0.39 is 0 Å². The molecule has 1 atom stereocenters. The zero-order valence-electron chi connectivity index (χ0n) is 22.0. The quantitative estimate of drug-likeness (QED) is 0.295. The van der Waals surface area contributed by atoms with Gasteiger partial charge in [0, 0.05) is 0 Å². The van der Waals surface area contributed by atoms with Crippen LogP contribution in [0.15, 0.2) is 54.6 Å². The van der Waals surface area contributed by atoms with E-state index in [1.54, 1.807) is 11.1 Å². The fraction of sp³-hybridized carbons (Fsp3) is 0.588. The van der Waals surface area contributed by atoms with E-state index in [0.29, 0.717) is 0 Å². The minimum atomic E-state index is 0.780. The van der Waals surface area contributed by atoms with Crippen molar-refractivity contribution in [2.24, 2.45) is 11.8 Å². The minimum Gasteiger partial charge on any atom is -0.0804 e. The van der Waals surface area contributed by atoms with Crippen molar-refractivity contribution in [1.29, 1.82) is 0 Å². The summed E-state index contributed by atoms with van der Waals surface area (Å²) in [6.07, 6.45) is 23.3. The molecule has 2 aliphatic rings. The fourth-order valence-corrected chi connectivity index (χ4v) is 6.47. The molecular formula is C34H48. The highest BCUT2D eigenvalue weighted by molar-refractivity contribution is 5.71. The van der Waals surface area contributed by atoms with Crippen LogP contribution in [0.5, 0.6) is 0 Å². The van der Waals surface area contributed by atoms with Crippen molar-refractivity contribution in [1.82, 2.24) is 0 Å². The number of rotatable bonds is 11. The summed E-state index contributed by atoms with van der Waals surface area (Å²) in [7, 11) is 0. The van der Waals surface area contributed by atoms with Crippen molar-refractivity contribution in [2.45, 2.75) is 116 Å². The van der Waals surface area contributed by atoms with Gasteiger partial charge in [-0.05, 0) is 90.5 Å². The largest absolute Gasteiger partial charge is 0.0804 e. The topological polar surface area (TPSA) is 0 Å². The Hall–Kier alpha value is -1.82. The van der Waals surface area contributed by atoms with Crippen LogP contribution in [0.4, 0.5) is 0 Å². The van der Waals surface area contributed by atoms with E-state index in [4.69, 9.17) is 0 Å². The van der Waals surface area contributed by atoms with Gasteiger partial charge in [0.15, 0.2) is 0 Å². The van der Waals surface area contributed by atoms with E-state index >= 15 is 0 Å². The van der Waals surface area contributed by atoms with Gasteiger partial charge in [-0.1, -0.05) is 120 Å².